The van der Waals surface area contributed by atoms with Gasteiger partial charge in [-0.3, -0.25) is 5.10 Å². The van der Waals surface area contributed by atoms with E-state index in [0.717, 1.165) is 22.7 Å². The normalized spacial score (nSPS) is 11.6. The summed E-state index contributed by atoms with van der Waals surface area (Å²) in [5.74, 6) is 0.687. The van der Waals surface area contributed by atoms with Gasteiger partial charge in [0.1, 0.15) is 5.82 Å². The number of fused-ring (bicyclic) bond motifs is 1. The maximum Gasteiger partial charge on any atom is 0.416 e. The summed E-state index contributed by atoms with van der Waals surface area (Å²) in [5, 5.41) is 13.8. The number of anilines is 3. The van der Waals surface area contributed by atoms with Gasteiger partial charge in [0.2, 0.25) is 5.95 Å². The summed E-state index contributed by atoms with van der Waals surface area (Å²) >= 11 is 3.32. The summed E-state index contributed by atoms with van der Waals surface area (Å²) in [6.45, 7) is -0.0360. The van der Waals surface area contributed by atoms with E-state index in [0.29, 0.717) is 16.2 Å². The number of benzene rings is 2. The van der Waals surface area contributed by atoms with Gasteiger partial charge in [-0.25, -0.2) is 4.98 Å². The second kappa shape index (κ2) is 7.70. The molecule has 0 atom stereocenters. The Hall–Kier alpha value is -3.14. The van der Waals surface area contributed by atoms with Crippen molar-refractivity contribution in [1.29, 1.82) is 0 Å². The van der Waals surface area contributed by atoms with Gasteiger partial charge >= 0.3 is 6.18 Å². The van der Waals surface area contributed by atoms with E-state index in [2.05, 4.69) is 46.7 Å². The van der Waals surface area contributed by atoms with E-state index in [1.54, 1.807) is 12.3 Å². The lowest BCUT2D eigenvalue weighted by Crippen LogP contribution is -2.12. The Bertz CT molecular complexity index is 1160. The van der Waals surface area contributed by atoms with Gasteiger partial charge < -0.3 is 10.6 Å². The minimum atomic E-state index is -4.42. The van der Waals surface area contributed by atoms with Crippen molar-refractivity contribution in [1.82, 2.24) is 20.2 Å². The molecule has 0 saturated carbocycles. The van der Waals surface area contributed by atoms with Crippen LogP contribution in [0.5, 0.6) is 0 Å². The summed E-state index contributed by atoms with van der Waals surface area (Å²) in [5.41, 5.74) is 1.11. The van der Waals surface area contributed by atoms with Gasteiger partial charge in [-0.2, -0.15) is 23.3 Å². The Labute approximate surface area is 171 Å². The lowest BCUT2D eigenvalue weighted by Gasteiger charge is -2.14. The van der Waals surface area contributed by atoms with Crippen molar-refractivity contribution in [3.63, 3.8) is 0 Å². The third-order valence-corrected chi connectivity index (χ3v) is 4.79. The van der Waals surface area contributed by atoms with Crippen LogP contribution in [-0.2, 0) is 12.7 Å². The van der Waals surface area contributed by atoms with Crippen molar-refractivity contribution >= 4 is 44.3 Å². The fourth-order valence-corrected chi connectivity index (χ4v) is 3.16. The average Bonchev–Trinajstić information content (AvgIpc) is 3.16. The molecular weight excluding hydrogens is 449 g/mol. The van der Waals surface area contributed by atoms with Gasteiger partial charge in [-0.05, 0) is 45.8 Å². The van der Waals surface area contributed by atoms with E-state index < -0.39 is 11.7 Å². The standard InChI is InChI=1S/C19H14BrF3N6/c20-15-10-25-18(27-13-5-6-16-12(7-13)9-26-29-16)28-17(15)24-8-11-3-1-2-4-14(11)19(21,22)23/h1-7,9-10H,8H2,(H,26,29)(H2,24,25,27,28). The predicted octanol–water partition coefficient (Wildman–Crippen LogP) is 5.49. The molecule has 0 aliphatic carbocycles. The predicted molar refractivity (Wildman–Crippen MR) is 108 cm³/mol. The molecule has 3 N–H and O–H groups in total. The number of nitrogens with one attached hydrogen (secondary N) is 3. The molecule has 0 aliphatic rings. The number of rotatable bonds is 5. The lowest BCUT2D eigenvalue weighted by molar-refractivity contribution is -0.138. The molecule has 0 unspecified atom stereocenters. The van der Waals surface area contributed by atoms with E-state index >= 15 is 0 Å². The molecule has 2 heterocycles. The Morgan fingerprint density at radius 1 is 1.07 bits per heavy atom. The average molecular weight is 463 g/mol. The second-order valence-corrected chi connectivity index (χ2v) is 7.05. The van der Waals surface area contributed by atoms with Gasteiger partial charge in [0.15, 0.2) is 0 Å². The molecule has 4 rings (SSSR count). The molecule has 0 bridgehead atoms. The number of hydrogen-bond acceptors (Lipinski definition) is 5. The molecule has 0 saturated heterocycles. The number of halogens is 4. The fraction of sp³-hybridized carbons (Fsp3) is 0.105. The van der Waals surface area contributed by atoms with Gasteiger partial charge in [0, 0.05) is 23.8 Å². The Morgan fingerprint density at radius 3 is 2.72 bits per heavy atom. The molecule has 0 spiro atoms. The number of hydrogen-bond donors (Lipinski definition) is 3. The second-order valence-electron chi connectivity index (χ2n) is 6.20. The van der Waals surface area contributed by atoms with Gasteiger partial charge in [0.25, 0.3) is 0 Å². The quantitative estimate of drug-likeness (QED) is 0.365. The zero-order valence-corrected chi connectivity index (χ0v) is 16.3. The minimum absolute atomic E-state index is 0.0360. The SMILES string of the molecule is FC(F)(F)c1ccccc1CNc1nc(Nc2ccc3[nH]ncc3c2)ncc1Br. The van der Waals surface area contributed by atoms with Crippen LogP contribution in [0.25, 0.3) is 10.9 Å². The van der Waals surface area contributed by atoms with Gasteiger partial charge in [-0.1, -0.05) is 18.2 Å². The van der Waals surface area contributed by atoms with Crippen LogP contribution in [0.2, 0.25) is 0 Å². The van der Waals surface area contributed by atoms with E-state index in [1.807, 2.05) is 18.2 Å². The van der Waals surface area contributed by atoms with Crippen LogP contribution < -0.4 is 10.6 Å². The summed E-state index contributed by atoms with van der Waals surface area (Å²) in [4.78, 5) is 8.56. The summed E-state index contributed by atoms with van der Waals surface area (Å²) < 4.78 is 40.0. The first-order valence-corrected chi connectivity index (χ1v) is 9.31. The van der Waals surface area contributed by atoms with Crippen molar-refractivity contribution in [2.75, 3.05) is 10.6 Å². The number of aromatic amines is 1. The molecule has 2 aromatic carbocycles. The van der Waals surface area contributed by atoms with Crippen LogP contribution in [-0.4, -0.2) is 20.2 Å². The lowest BCUT2D eigenvalue weighted by atomic mass is 10.1. The van der Waals surface area contributed by atoms with Gasteiger partial charge in [-0.15, -0.1) is 0 Å². The highest BCUT2D eigenvalue weighted by atomic mass is 79.9. The molecule has 4 aromatic rings. The first-order chi connectivity index (χ1) is 13.9. The van der Waals surface area contributed by atoms with E-state index in [-0.39, 0.29) is 12.1 Å². The molecule has 0 fully saturated rings. The third kappa shape index (κ3) is 4.32. The molecule has 6 nitrogen and oxygen atoms in total. The third-order valence-electron chi connectivity index (χ3n) is 4.21. The summed E-state index contributed by atoms with van der Waals surface area (Å²) in [6.07, 6.45) is -1.18. The topological polar surface area (TPSA) is 78.5 Å². The molecule has 148 valence electrons. The van der Waals surface area contributed by atoms with Crippen LogP contribution >= 0.6 is 15.9 Å². The molecule has 29 heavy (non-hydrogen) atoms. The summed E-state index contributed by atoms with van der Waals surface area (Å²) in [6, 6.07) is 11.0. The Morgan fingerprint density at radius 2 is 1.90 bits per heavy atom. The molecule has 2 aromatic heterocycles. The van der Waals surface area contributed by atoms with Crippen molar-refractivity contribution < 1.29 is 13.2 Å². The zero-order valence-electron chi connectivity index (χ0n) is 14.8. The van der Waals surface area contributed by atoms with Crippen LogP contribution in [0, 0.1) is 0 Å². The monoisotopic (exact) mass is 462 g/mol. The first kappa shape index (κ1) is 19.2. The van der Waals surface area contributed by atoms with Gasteiger partial charge in [0.05, 0.1) is 21.7 Å². The van der Waals surface area contributed by atoms with E-state index in [1.165, 1.54) is 18.3 Å². The first-order valence-electron chi connectivity index (χ1n) is 8.52. The van der Waals surface area contributed by atoms with Crippen molar-refractivity contribution in [3.8, 4) is 0 Å². The van der Waals surface area contributed by atoms with Crippen molar-refractivity contribution in [2.45, 2.75) is 12.7 Å². The van der Waals surface area contributed by atoms with Crippen LogP contribution in [0.4, 0.5) is 30.6 Å². The highest BCUT2D eigenvalue weighted by Gasteiger charge is 2.32. The molecule has 0 radical (unpaired) electrons. The molecule has 0 aliphatic heterocycles. The largest absolute Gasteiger partial charge is 0.416 e. The van der Waals surface area contributed by atoms with Crippen LogP contribution in [0.3, 0.4) is 0 Å². The van der Waals surface area contributed by atoms with Crippen LogP contribution in [0.15, 0.2) is 59.3 Å². The Kier molecular flexibility index (Phi) is 5.10. The number of nitrogens with zero attached hydrogens (tertiary/aromatic N) is 3. The number of aromatic nitrogens is 4. The van der Waals surface area contributed by atoms with E-state index in [4.69, 9.17) is 0 Å². The maximum atomic E-state index is 13.2. The number of alkyl halides is 3. The Balaban J connectivity index is 1.53. The maximum absolute atomic E-state index is 13.2. The zero-order chi connectivity index (χ0) is 20.4. The number of H-pyrrole nitrogens is 1. The van der Waals surface area contributed by atoms with Crippen molar-refractivity contribution in [2.24, 2.45) is 0 Å². The smallest absolute Gasteiger partial charge is 0.365 e. The highest BCUT2D eigenvalue weighted by Crippen LogP contribution is 2.32. The molecular formula is C19H14BrF3N6. The molecule has 0 amide bonds. The fourth-order valence-electron chi connectivity index (χ4n) is 2.83. The van der Waals surface area contributed by atoms with Crippen LogP contribution in [0.1, 0.15) is 11.1 Å². The van der Waals surface area contributed by atoms with E-state index in [9.17, 15) is 13.2 Å². The molecule has 10 heteroatoms. The highest BCUT2D eigenvalue weighted by molar-refractivity contribution is 9.10. The van der Waals surface area contributed by atoms with Crippen molar-refractivity contribution in [3.05, 3.63) is 70.5 Å². The summed E-state index contributed by atoms with van der Waals surface area (Å²) in [7, 11) is 0. The minimum Gasteiger partial charge on any atom is -0.365 e.